The molecule has 0 saturated carbocycles. The van der Waals surface area contributed by atoms with Crippen molar-refractivity contribution in [2.45, 2.75) is 17.9 Å². The van der Waals surface area contributed by atoms with Gasteiger partial charge in [0, 0.05) is 24.4 Å². The van der Waals surface area contributed by atoms with E-state index in [1.807, 2.05) is 0 Å². The van der Waals surface area contributed by atoms with Crippen LogP contribution in [0.1, 0.15) is 23.5 Å². The molecule has 2 atom stereocenters. The summed E-state index contributed by atoms with van der Waals surface area (Å²) in [6.07, 6.45) is 1.02. The number of para-hydroxylation sites is 1. The summed E-state index contributed by atoms with van der Waals surface area (Å²) in [5.41, 5.74) is 2.48. The first-order valence-electron chi connectivity index (χ1n) is 6.94. The standard InChI is InChI=1S/C17H17NO/c1-2-6-13(7-3-1)17-10-11-18-12-15(17)14-8-4-5-9-16(14)19-17/h1-9,15,18H,10-12H2/t15-,17+/m0/s1. The molecule has 96 valence electrons. The summed E-state index contributed by atoms with van der Waals surface area (Å²) in [6.45, 7) is 2.01. The molecular weight excluding hydrogens is 234 g/mol. The molecular formula is C17H17NO. The maximum atomic E-state index is 6.44. The first-order chi connectivity index (χ1) is 9.40. The van der Waals surface area contributed by atoms with Gasteiger partial charge in [-0.05, 0) is 18.2 Å². The van der Waals surface area contributed by atoms with E-state index in [2.05, 4.69) is 59.9 Å². The zero-order valence-corrected chi connectivity index (χ0v) is 10.8. The molecule has 2 aliphatic rings. The molecule has 2 aromatic rings. The van der Waals surface area contributed by atoms with Crippen LogP contribution in [0.15, 0.2) is 54.6 Å². The van der Waals surface area contributed by atoms with E-state index in [-0.39, 0.29) is 5.60 Å². The van der Waals surface area contributed by atoms with Crippen molar-refractivity contribution in [3.63, 3.8) is 0 Å². The number of piperidine rings is 1. The third-order valence-electron chi connectivity index (χ3n) is 4.43. The lowest BCUT2D eigenvalue weighted by atomic mass is 9.75. The number of hydrogen-bond acceptors (Lipinski definition) is 2. The second-order valence-electron chi connectivity index (χ2n) is 5.40. The molecule has 0 aliphatic carbocycles. The van der Waals surface area contributed by atoms with Crippen LogP contribution in [0.3, 0.4) is 0 Å². The van der Waals surface area contributed by atoms with Crippen LogP contribution in [-0.4, -0.2) is 13.1 Å². The Hall–Kier alpha value is -1.80. The van der Waals surface area contributed by atoms with E-state index < -0.39 is 0 Å². The minimum Gasteiger partial charge on any atom is -0.482 e. The lowest BCUT2D eigenvalue weighted by Gasteiger charge is -2.39. The van der Waals surface area contributed by atoms with Crippen LogP contribution in [0.2, 0.25) is 0 Å². The molecule has 1 N–H and O–H groups in total. The molecule has 0 amide bonds. The fraction of sp³-hybridized carbons (Fsp3) is 0.294. The maximum absolute atomic E-state index is 6.44. The van der Waals surface area contributed by atoms with Gasteiger partial charge in [-0.15, -0.1) is 0 Å². The van der Waals surface area contributed by atoms with E-state index in [9.17, 15) is 0 Å². The predicted octanol–water partition coefficient (Wildman–Crippen LogP) is 3.05. The average Bonchev–Trinajstić information content (AvgIpc) is 2.84. The molecule has 2 aromatic carbocycles. The summed E-state index contributed by atoms with van der Waals surface area (Å²) in [5, 5.41) is 3.51. The number of ether oxygens (including phenoxy) is 1. The average molecular weight is 251 g/mol. The van der Waals surface area contributed by atoms with E-state index in [1.54, 1.807) is 0 Å². The number of rotatable bonds is 1. The maximum Gasteiger partial charge on any atom is 0.143 e. The second kappa shape index (κ2) is 4.10. The smallest absolute Gasteiger partial charge is 0.143 e. The van der Waals surface area contributed by atoms with Gasteiger partial charge in [0.05, 0.1) is 0 Å². The highest BCUT2D eigenvalue weighted by atomic mass is 16.5. The van der Waals surface area contributed by atoms with Gasteiger partial charge in [-0.25, -0.2) is 0 Å². The van der Waals surface area contributed by atoms with Crippen LogP contribution in [0.4, 0.5) is 0 Å². The van der Waals surface area contributed by atoms with E-state index in [0.29, 0.717) is 5.92 Å². The van der Waals surface area contributed by atoms with Crippen molar-refractivity contribution in [2.75, 3.05) is 13.1 Å². The largest absolute Gasteiger partial charge is 0.482 e. The summed E-state index contributed by atoms with van der Waals surface area (Å²) >= 11 is 0. The van der Waals surface area contributed by atoms with Crippen LogP contribution in [-0.2, 0) is 5.60 Å². The van der Waals surface area contributed by atoms with Gasteiger partial charge in [-0.3, -0.25) is 0 Å². The molecule has 19 heavy (non-hydrogen) atoms. The fourth-order valence-corrected chi connectivity index (χ4v) is 3.53. The van der Waals surface area contributed by atoms with Crippen LogP contribution in [0, 0.1) is 0 Å². The van der Waals surface area contributed by atoms with Gasteiger partial charge in [0.1, 0.15) is 11.4 Å². The highest BCUT2D eigenvalue weighted by Crippen LogP contribution is 2.52. The molecule has 0 spiro atoms. The number of fused-ring (bicyclic) bond motifs is 3. The van der Waals surface area contributed by atoms with Gasteiger partial charge >= 0.3 is 0 Å². The van der Waals surface area contributed by atoms with Crippen molar-refractivity contribution in [3.05, 3.63) is 65.7 Å². The van der Waals surface area contributed by atoms with Gasteiger partial charge in [0.25, 0.3) is 0 Å². The zero-order chi connectivity index (χ0) is 12.7. The first kappa shape index (κ1) is 11.1. The van der Waals surface area contributed by atoms with Gasteiger partial charge in [0.2, 0.25) is 0 Å². The SMILES string of the molecule is c1ccc([C@]23CCNC[C@H]2c2ccccc2O3)cc1. The molecule has 1 saturated heterocycles. The predicted molar refractivity (Wildman–Crippen MR) is 75.4 cm³/mol. The van der Waals surface area contributed by atoms with Crippen molar-refractivity contribution in [3.8, 4) is 5.75 Å². The third-order valence-corrected chi connectivity index (χ3v) is 4.43. The number of nitrogens with one attached hydrogen (secondary N) is 1. The molecule has 0 bridgehead atoms. The molecule has 0 unspecified atom stereocenters. The van der Waals surface area contributed by atoms with Crippen LogP contribution in [0.25, 0.3) is 0 Å². The highest BCUT2D eigenvalue weighted by molar-refractivity contribution is 5.47. The molecule has 0 radical (unpaired) electrons. The summed E-state index contributed by atoms with van der Waals surface area (Å²) < 4.78 is 6.44. The molecule has 2 nitrogen and oxygen atoms in total. The monoisotopic (exact) mass is 251 g/mol. The molecule has 2 heteroatoms. The Morgan fingerprint density at radius 3 is 2.68 bits per heavy atom. The quantitative estimate of drug-likeness (QED) is 0.841. The Kier molecular flexibility index (Phi) is 2.39. The third kappa shape index (κ3) is 1.53. The molecule has 2 aliphatic heterocycles. The van der Waals surface area contributed by atoms with Gasteiger partial charge in [-0.2, -0.15) is 0 Å². The van der Waals surface area contributed by atoms with Crippen molar-refractivity contribution < 1.29 is 4.74 Å². The van der Waals surface area contributed by atoms with Gasteiger partial charge in [0.15, 0.2) is 0 Å². The van der Waals surface area contributed by atoms with E-state index in [0.717, 1.165) is 25.3 Å². The molecule has 1 fully saturated rings. The lowest BCUT2D eigenvalue weighted by Crippen LogP contribution is -2.47. The Labute approximate surface area is 113 Å². The second-order valence-corrected chi connectivity index (χ2v) is 5.40. The normalized spacial score (nSPS) is 28.3. The summed E-state index contributed by atoms with van der Waals surface area (Å²) in [7, 11) is 0. The molecule has 2 heterocycles. The van der Waals surface area contributed by atoms with Gasteiger partial charge < -0.3 is 10.1 Å². The van der Waals surface area contributed by atoms with Crippen molar-refractivity contribution in [1.29, 1.82) is 0 Å². The molecule has 4 rings (SSSR count). The minimum absolute atomic E-state index is 0.170. The molecule has 0 aromatic heterocycles. The Morgan fingerprint density at radius 1 is 1.00 bits per heavy atom. The Bertz CT molecular complexity index is 595. The van der Waals surface area contributed by atoms with Crippen LogP contribution >= 0.6 is 0 Å². The summed E-state index contributed by atoms with van der Waals surface area (Å²) in [4.78, 5) is 0. The highest BCUT2D eigenvalue weighted by Gasteiger charge is 2.50. The van der Waals surface area contributed by atoms with Gasteiger partial charge in [-0.1, -0.05) is 48.5 Å². The zero-order valence-electron chi connectivity index (χ0n) is 10.8. The van der Waals surface area contributed by atoms with E-state index in [4.69, 9.17) is 4.74 Å². The first-order valence-corrected chi connectivity index (χ1v) is 6.94. The van der Waals surface area contributed by atoms with E-state index >= 15 is 0 Å². The van der Waals surface area contributed by atoms with E-state index in [1.165, 1.54) is 11.1 Å². The van der Waals surface area contributed by atoms with Crippen molar-refractivity contribution in [1.82, 2.24) is 5.32 Å². The summed E-state index contributed by atoms with van der Waals surface area (Å²) in [5.74, 6) is 1.47. The fourth-order valence-electron chi connectivity index (χ4n) is 3.53. The van der Waals surface area contributed by atoms with Crippen LogP contribution < -0.4 is 10.1 Å². The minimum atomic E-state index is -0.170. The topological polar surface area (TPSA) is 21.3 Å². The summed E-state index contributed by atoms with van der Waals surface area (Å²) in [6, 6.07) is 19.1. The Morgan fingerprint density at radius 2 is 1.79 bits per heavy atom. The number of hydrogen-bond donors (Lipinski definition) is 1. The van der Waals surface area contributed by atoms with Crippen molar-refractivity contribution in [2.24, 2.45) is 0 Å². The van der Waals surface area contributed by atoms with Crippen molar-refractivity contribution >= 4 is 0 Å². The number of benzene rings is 2. The van der Waals surface area contributed by atoms with Crippen LogP contribution in [0.5, 0.6) is 5.75 Å². The lowest BCUT2D eigenvalue weighted by molar-refractivity contribution is 0.0395. The Balaban J connectivity index is 1.87.